The lowest BCUT2D eigenvalue weighted by Gasteiger charge is -2.38. The van der Waals surface area contributed by atoms with Crippen molar-refractivity contribution in [2.75, 3.05) is 13.2 Å². The summed E-state index contributed by atoms with van der Waals surface area (Å²) in [5.41, 5.74) is 0.100. The maximum Gasteiger partial charge on any atom is 0.410 e. The normalized spacial score (nSPS) is 20.5. The van der Waals surface area contributed by atoms with Crippen LogP contribution >= 0.6 is 12.6 Å². The van der Waals surface area contributed by atoms with Crippen LogP contribution in [0.4, 0.5) is 4.79 Å². The highest BCUT2D eigenvalue weighted by Gasteiger charge is 2.48. The van der Waals surface area contributed by atoms with Gasteiger partial charge in [0, 0.05) is 6.54 Å². The molecule has 1 aromatic carbocycles. The van der Waals surface area contributed by atoms with Gasteiger partial charge in [0.1, 0.15) is 13.0 Å². The summed E-state index contributed by atoms with van der Waals surface area (Å²) in [6.07, 6.45) is 0.554. The Hall–Kier alpha value is -2.02. The summed E-state index contributed by atoms with van der Waals surface area (Å²) in [6, 6.07) is 9.40. The second-order valence-electron chi connectivity index (χ2n) is 6.50. The first kappa shape index (κ1) is 20.3. The van der Waals surface area contributed by atoms with Gasteiger partial charge in [-0.3, -0.25) is 9.59 Å². The molecule has 1 saturated heterocycles. The molecular formula is C19H25NO5S. The highest BCUT2D eigenvalue weighted by Crippen LogP contribution is 2.36. The average molecular weight is 379 g/mol. The van der Waals surface area contributed by atoms with Crippen LogP contribution < -0.4 is 0 Å². The fourth-order valence-electron chi connectivity index (χ4n) is 3.16. The Labute approximate surface area is 159 Å². The SMILES string of the molecule is CCOC(=O)CC(=O)[C@@H](S)[C@]1(C)CCCN1C(=O)OCc1ccccc1. The van der Waals surface area contributed by atoms with Crippen LogP contribution in [0, 0.1) is 0 Å². The highest BCUT2D eigenvalue weighted by atomic mass is 32.1. The fraction of sp³-hybridized carbons (Fsp3) is 0.526. The van der Waals surface area contributed by atoms with Crippen molar-refractivity contribution in [3.63, 3.8) is 0 Å². The third-order valence-corrected chi connectivity index (χ3v) is 5.47. The second kappa shape index (κ2) is 9.07. The lowest BCUT2D eigenvalue weighted by atomic mass is 9.90. The van der Waals surface area contributed by atoms with E-state index in [9.17, 15) is 14.4 Å². The lowest BCUT2D eigenvalue weighted by Crippen LogP contribution is -2.54. The van der Waals surface area contributed by atoms with E-state index in [0.717, 1.165) is 12.0 Å². The van der Waals surface area contributed by atoms with Crippen LogP contribution in [0.2, 0.25) is 0 Å². The number of carbonyl (C=O) groups is 3. The van der Waals surface area contributed by atoms with Crippen molar-refractivity contribution < 1.29 is 23.9 Å². The molecule has 1 aliphatic heterocycles. The van der Waals surface area contributed by atoms with Gasteiger partial charge < -0.3 is 14.4 Å². The van der Waals surface area contributed by atoms with Gasteiger partial charge in [0.15, 0.2) is 5.78 Å². The van der Waals surface area contributed by atoms with E-state index in [0.29, 0.717) is 13.0 Å². The van der Waals surface area contributed by atoms with Crippen LogP contribution in [-0.2, 0) is 25.7 Å². The molecule has 0 saturated carbocycles. The van der Waals surface area contributed by atoms with Gasteiger partial charge in [-0.25, -0.2) is 4.79 Å². The molecular weight excluding hydrogens is 354 g/mol. The fourth-order valence-corrected chi connectivity index (χ4v) is 3.52. The molecule has 0 bridgehead atoms. The molecule has 142 valence electrons. The number of esters is 1. The molecule has 6 nitrogen and oxygen atoms in total. The summed E-state index contributed by atoms with van der Waals surface area (Å²) in [7, 11) is 0. The predicted molar refractivity (Wildman–Crippen MR) is 100 cm³/mol. The van der Waals surface area contributed by atoms with Gasteiger partial charge in [0.05, 0.1) is 17.4 Å². The molecule has 1 aromatic rings. The number of ether oxygens (including phenoxy) is 2. The Morgan fingerprint density at radius 2 is 1.92 bits per heavy atom. The Morgan fingerprint density at radius 3 is 2.58 bits per heavy atom. The second-order valence-corrected chi connectivity index (χ2v) is 7.02. The highest BCUT2D eigenvalue weighted by molar-refractivity contribution is 7.82. The van der Waals surface area contributed by atoms with Gasteiger partial charge in [0.25, 0.3) is 0 Å². The predicted octanol–water partition coefficient (Wildman–Crippen LogP) is 3.00. The molecule has 26 heavy (non-hydrogen) atoms. The minimum atomic E-state index is -0.791. The zero-order valence-electron chi connectivity index (χ0n) is 15.1. The monoisotopic (exact) mass is 379 g/mol. The quantitative estimate of drug-likeness (QED) is 0.448. The number of thiol groups is 1. The smallest absolute Gasteiger partial charge is 0.410 e. The Morgan fingerprint density at radius 1 is 1.23 bits per heavy atom. The number of likely N-dealkylation sites (tertiary alicyclic amines) is 1. The molecule has 1 heterocycles. The molecule has 7 heteroatoms. The van der Waals surface area contributed by atoms with Crippen LogP contribution in [0.15, 0.2) is 30.3 Å². The van der Waals surface area contributed by atoms with Crippen molar-refractivity contribution in [3.05, 3.63) is 35.9 Å². The van der Waals surface area contributed by atoms with Gasteiger partial charge in [0.2, 0.25) is 0 Å². The topological polar surface area (TPSA) is 72.9 Å². The number of benzene rings is 1. The van der Waals surface area contributed by atoms with E-state index >= 15 is 0 Å². The molecule has 1 fully saturated rings. The summed E-state index contributed by atoms with van der Waals surface area (Å²) in [5.74, 6) is -0.923. The number of amides is 1. The zero-order valence-corrected chi connectivity index (χ0v) is 16.0. The van der Waals surface area contributed by atoms with Crippen LogP contribution in [0.5, 0.6) is 0 Å². The number of carbonyl (C=O) groups excluding carboxylic acids is 3. The Kier molecular flexibility index (Phi) is 7.08. The number of nitrogens with zero attached hydrogens (tertiary/aromatic N) is 1. The average Bonchev–Trinajstić information content (AvgIpc) is 3.03. The number of ketones is 1. The van der Waals surface area contributed by atoms with Gasteiger partial charge in [-0.15, -0.1) is 0 Å². The van der Waals surface area contributed by atoms with Crippen molar-refractivity contribution in [1.29, 1.82) is 0 Å². The summed E-state index contributed by atoms with van der Waals surface area (Å²) in [5, 5.41) is -0.779. The largest absolute Gasteiger partial charge is 0.466 e. The number of rotatable bonds is 7. The van der Waals surface area contributed by atoms with Crippen molar-refractivity contribution in [1.82, 2.24) is 4.90 Å². The minimum Gasteiger partial charge on any atom is -0.466 e. The van der Waals surface area contributed by atoms with Crippen molar-refractivity contribution in [2.24, 2.45) is 0 Å². The summed E-state index contributed by atoms with van der Waals surface area (Å²) in [4.78, 5) is 38.1. The first-order valence-electron chi connectivity index (χ1n) is 8.73. The number of hydrogen-bond acceptors (Lipinski definition) is 6. The van der Waals surface area contributed by atoms with Gasteiger partial charge in [-0.2, -0.15) is 12.6 Å². The van der Waals surface area contributed by atoms with Crippen molar-refractivity contribution in [3.8, 4) is 0 Å². The van der Waals surface area contributed by atoms with Crippen LogP contribution in [-0.4, -0.2) is 46.7 Å². The summed E-state index contributed by atoms with van der Waals surface area (Å²) < 4.78 is 10.2. The molecule has 2 atom stereocenters. The molecule has 0 aliphatic carbocycles. The minimum absolute atomic E-state index is 0.167. The molecule has 0 N–H and O–H groups in total. The molecule has 1 amide bonds. The van der Waals surface area contributed by atoms with Gasteiger partial charge in [-0.1, -0.05) is 30.3 Å². The third-order valence-electron chi connectivity index (χ3n) is 4.62. The van der Waals surface area contributed by atoms with E-state index in [1.165, 1.54) is 0 Å². The molecule has 0 aromatic heterocycles. The van der Waals surface area contributed by atoms with Crippen LogP contribution in [0.1, 0.15) is 38.7 Å². The van der Waals surface area contributed by atoms with E-state index in [4.69, 9.17) is 9.47 Å². The number of hydrogen-bond donors (Lipinski definition) is 1. The molecule has 0 unspecified atom stereocenters. The lowest BCUT2D eigenvalue weighted by molar-refractivity contribution is -0.145. The Balaban J connectivity index is 2.00. The van der Waals surface area contributed by atoms with Gasteiger partial charge in [-0.05, 0) is 32.3 Å². The summed E-state index contributed by atoms with van der Waals surface area (Å²) >= 11 is 4.43. The van der Waals surface area contributed by atoms with E-state index in [-0.39, 0.29) is 25.4 Å². The molecule has 2 rings (SSSR count). The maximum absolute atomic E-state index is 12.6. The molecule has 1 aliphatic rings. The standard InChI is InChI=1S/C19H25NO5S/c1-3-24-16(22)12-15(21)17(26)19(2)10-7-11-20(19)18(23)25-13-14-8-5-4-6-9-14/h4-6,8-9,17,26H,3,7,10-13H2,1-2H3/t17-,19+/m1/s1. The van der Waals surface area contributed by atoms with Crippen molar-refractivity contribution in [2.45, 2.75) is 50.5 Å². The van der Waals surface area contributed by atoms with E-state index in [2.05, 4.69) is 12.6 Å². The Bertz CT molecular complexity index is 651. The van der Waals surface area contributed by atoms with Crippen LogP contribution in [0.3, 0.4) is 0 Å². The number of Topliss-reactive ketones (excluding diaryl/α,β-unsaturated/α-hetero) is 1. The first-order valence-corrected chi connectivity index (χ1v) is 9.25. The first-order chi connectivity index (χ1) is 12.4. The van der Waals surface area contributed by atoms with Crippen molar-refractivity contribution >= 4 is 30.5 Å². The van der Waals surface area contributed by atoms with E-state index < -0.39 is 22.9 Å². The molecule has 0 radical (unpaired) electrons. The molecule has 0 spiro atoms. The summed E-state index contributed by atoms with van der Waals surface area (Å²) in [6.45, 7) is 4.38. The van der Waals surface area contributed by atoms with E-state index in [1.807, 2.05) is 37.3 Å². The zero-order chi connectivity index (χ0) is 19.2. The van der Waals surface area contributed by atoms with E-state index in [1.54, 1.807) is 11.8 Å². The third kappa shape index (κ3) is 4.78. The van der Waals surface area contributed by atoms with Crippen LogP contribution in [0.25, 0.3) is 0 Å². The maximum atomic E-state index is 12.6. The van der Waals surface area contributed by atoms with Gasteiger partial charge >= 0.3 is 12.1 Å².